The van der Waals surface area contributed by atoms with E-state index < -0.39 is 11.6 Å². The van der Waals surface area contributed by atoms with Crippen LogP contribution in [-0.2, 0) is 9.53 Å². The van der Waals surface area contributed by atoms with Crippen molar-refractivity contribution >= 4 is 33.4 Å². The summed E-state index contributed by atoms with van der Waals surface area (Å²) in [7, 11) is 1.34. The molecule has 0 bridgehead atoms. The Morgan fingerprint density at radius 1 is 1.17 bits per heavy atom. The van der Waals surface area contributed by atoms with Gasteiger partial charge in [-0.3, -0.25) is 9.78 Å². The van der Waals surface area contributed by atoms with Gasteiger partial charge in [-0.05, 0) is 47.7 Å². The predicted molar refractivity (Wildman–Crippen MR) is 137 cm³/mol. The van der Waals surface area contributed by atoms with Crippen LogP contribution in [0.4, 0.5) is 5.82 Å². The van der Waals surface area contributed by atoms with Crippen LogP contribution in [0.2, 0.25) is 0 Å². The SMILES string of the molecule is COC(=O)C[C@]1(O)CC[C@@H](c2nc3c(-c4ccc(-c5ccccc5)nc4)cnn3c(N)c2Br)CC1. The Hall–Kier alpha value is -3.30. The lowest BCUT2D eigenvalue weighted by molar-refractivity contribution is -0.147. The summed E-state index contributed by atoms with van der Waals surface area (Å²) in [6, 6.07) is 14.0. The molecule has 5 rings (SSSR count). The predicted octanol–water partition coefficient (Wildman–Crippen LogP) is 4.75. The van der Waals surface area contributed by atoms with Crippen molar-refractivity contribution in [3.8, 4) is 22.4 Å². The number of aliphatic hydroxyl groups is 1. The number of halogens is 1. The number of aromatic nitrogens is 4. The van der Waals surface area contributed by atoms with Gasteiger partial charge in [-0.25, -0.2) is 4.98 Å². The first kappa shape index (κ1) is 23.4. The normalized spacial score (nSPS) is 20.1. The number of hydrogen-bond acceptors (Lipinski definition) is 7. The Morgan fingerprint density at radius 2 is 1.91 bits per heavy atom. The van der Waals surface area contributed by atoms with Gasteiger partial charge in [0.1, 0.15) is 5.82 Å². The lowest BCUT2D eigenvalue weighted by atomic mass is 9.76. The minimum atomic E-state index is -1.04. The number of fused-ring (bicyclic) bond motifs is 1. The number of pyridine rings is 1. The molecule has 0 unspecified atom stereocenters. The molecule has 3 N–H and O–H groups in total. The van der Waals surface area contributed by atoms with Gasteiger partial charge in [0.2, 0.25) is 0 Å². The molecule has 1 aromatic carbocycles. The summed E-state index contributed by atoms with van der Waals surface area (Å²) in [5.41, 5.74) is 10.6. The van der Waals surface area contributed by atoms with Gasteiger partial charge < -0.3 is 15.6 Å². The van der Waals surface area contributed by atoms with Crippen molar-refractivity contribution in [3.05, 3.63) is 65.0 Å². The van der Waals surface area contributed by atoms with Crippen LogP contribution in [0.15, 0.2) is 59.3 Å². The maximum absolute atomic E-state index is 11.7. The Bertz CT molecular complexity index is 1360. The highest BCUT2D eigenvalue weighted by Gasteiger charge is 2.37. The molecular weight excluding hydrogens is 510 g/mol. The fraction of sp³-hybridized carbons (Fsp3) is 0.308. The highest BCUT2D eigenvalue weighted by atomic mass is 79.9. The van der Waals surface area contributed by atoms with Gasteiger partial charge >= 0.3 is 5.97 Å². The highest BCUT2D eigenvalue weighted by molar-refractivity contribution is 9.10. The average Bonchev–Trinajstić information content (AvgIpc) is 3.31. The smallest absolute Gasteiger partial charge is 0.308 e. The van der Waals surface area contributed by atoms with E-state index in [4.69, 9.17) is 15.5 Å². The van der Waals surface area contributed by atoms with Gasteiger partial charge in [0, 0.05) is 28.8 Å². The molecule has 0 amide bonds. The minimum Gasteiger partial charge on any atom is -0.469 e. The second-order valence-corrected chi connectivity index (χ2v) is 9.83. The van der Waals surface area contributed by atoms with Crippen LogP contribution < -0.4 is 5.73 Å². The summed E-state index contributed by atoms with van der Waals surface area (Å²) in [4.78, 5) is 21.3. The zero-order valence-electron chi connectivity index (χ0n) is 19.3. The van der Waals surface area contributed by atoms with E-state index in [1.165, 1.54) is 7.11 Å². The van der Waals surface area contributed by atoms with Crippen molar-refractivity contribution in [3.63, 3.8) is 0 Å². The van der Waals surface area contributed by atoms with Crippen molar-refractivity contribution in [2.24, 2.45) is 0 Å². The molecule has 0 spiro atoms. The Kier molecular flexibility index (Phi) is 6.29. The van der Waals surface area contributed by atoms with Crippen LogP contribution in [0.25, 0.3) is 28.0 Å². The van der Waals surface area contributed by atoms with Crippen molar-refractivity contribution in [1.29, 1.82) is 0 Å². The number of nitrogens with zero attached hydrogens (tertiary/aromatic N) is 4. The molecule has 0 aliphatic heterocycles. The average molecular weight is 536 g/mol. The maximum atomic E-state index is 11.7. The number of hydrogen-bond donors (Lipinski definition) is 2. The molecule has 4 aromatic rings. The minimum absolute atomic E-state index is 0.00470. The van der Waals surface area contributed by atoms with Gasteiger partial charge in [0.25, 0.3) is 0 Å². The second-order valence-electron chi connectivity index (χ2n) is 9.04. The van der Waals surface area contributed by atoms with Gasteiger partial charge in [0.15, 0.2) is 5.65 Å². The first-order chi connectivity index (χ1) is 16.9. The summed E-state index contributed by atoms with van der Waals surface area (Å²) < 4.78 is 7.08. The summed E-state index contributed by atoms with van der Waals surface area (Å²) in [6.45, 7) is 0. The fourth-order valence-electron chi connectivity index (χ4n) is 4.77. The van der Waals surface area contributed by atoms with Gasteiger partial charge in [0.05, 0.1) is 41.2 Å². The third-order valence-electron chi connectivity index (χ3n) is 6.80. The number of methoxy groups -OCH3 is 1. The largest absolute Gasteiger partial charge is 0.469 e. The van der Waals surface area contributed by atoms with E-state index >= 15 is 0 Å². The molecule has 1 aliphatic carbocycles. The van der Waals surface area contributed by atoms with E-state index in [1.54, 1.807) is 10.7 Å². The van der Waals surface area contributed by atoms with Gasteiger partial charge in [-0.2, -0.15) is 9.61 Å². The zero-order valence-corrected chi connectivity index (χ0v) is 20.9. The van der Waals surface area contributed by atoms with Crippen LogP contribution in [-0.4, -0.2) is 43.4 Å². The van der Waals surface area contributed by atoms with Crippen LogP contribution in [0.3, 0.4) is 0 Å². The quantitative estimate of drug-likeness (QED) is 0.354. The van der Waals surface area contributed by atoms with Crippen molar-refractivity contribution < 1.29 is 14.6 Å². The molecule has 1 fully saturated rings. The van der Waals surface area contributed by atoms with E-state index in [-0.39, 0.29) is 12.3 Å². The van der Waals surface area contributed by atoms with E-state index in [9.17, 15) is 9.90 Å². The van der Waals surface area contributed by atoms with Crippen LogP contribution >= 0.6 is 15.9 Å². The number of ether oxygens (including phenoxy) is 1. The molecular formula is C26H26BrN5O3. The van der Waals surface area contributed by atoms with Crippen molar-refractivity contribution in [1.82, 2.24) is 19.6 Å². The second kappa shape index (κ2) is 9.39. The molecule has 0 saturated heterocycles. The van der Waals surface area contributed by atoms with E-state index in [0.717, 1.165) is 28.1 Å². The molecule has 8 nitrogen and oxygen atoms in total. The third kappa shape index (κ3) is 4.53. The summed E-state index contributed by atoms with van der Waals surface area (Å²) in [5, 5.41) is 15.3. The van der Waals surface area contributed by atoms with Crippen LogP contribution in [0.1, 0.15) is 43.7 Å². The Balaban J connectivity index is 1.45. The molecule has 3 aromatic heterocycles. The number of nitrogens with two attached hydrogens (primary N) is 1. The number of carbonyl (C=O) groups excluding carboxylic acids is 1. The fourth-order valence-corrected chi connectivity index (χ4v) is 5.35. The maximum Gasteiger partial charge on any atom is 0.308 e. The molecule has 35 heavy (non-hydrogen) atoms. The third-order valence-corrected chi connectivity index (χ3v) is 7.61. The monoisotopic (exact) mass is 535 g/mol. The highest BCUT2D eigenvalue weighted by Crippen LogP contribution is 2.43. The summed E-state index contributed by atoms with van der Waals surface area (Å²) >= 11 is 3.62. The molecule has 3 heterocycles. The first-order valence-electron chi connectivity index (χ1n) is 11.5. The standard InChI is InChI=1S/C26H26BrN5O3/c1-35-21(33)13-26(34)11-9-17(10-12-26)23-22(27)24(28)32-25(31-23)19(15-30-32)18-7-8-20(29-14-18)16-5-3-2-4-6-16/h2-8,14-15,17,34H,9-13,28H2,1H3/t17-,26+. The van der Waals surface area contributed by atoms with E-state index in [1.807, 2.05) is 48.7 Å². The van der Waals surface area contributed by atoms with Crippen LogP contribution in [0, 0.1) is 0 Å². The number of anilines is 1. The lowest BCUT2D eigenvalue weighted by Gasteiger charge is -2.35. The molecule has 180 valence electrons. The number of carbonyl (C=O) groups is 1. The van der Waals surface area contributed by atoms with E-state index in [2.05, 4.69) is 26.0 Å². The molecule has 9 heteroatoms. The molecule has 1 aliphatic rings. The van der Waals surface area contributed by atoms with Crippen molar-refractivity contribution in [2.45, 2.75) is 43.6 Å². The number of benzene rings is 1. The number of esters is 1. The van der Waals surface area contributed by atoms with E-state index in [0.29, 0.717) is 41.6 Å². The molecule has 1 saturated carbocycles. The lowest BCUT2D eigenvalue weighted by Crippen LogP contribution is -2.36. The van der Waals surface area contributed by atoms with Crippen LogP contribution in [0.5, 0.6) is 0 Å². The zero-order chi connectivity index (χ0) is 24.6. The molecule has 0 atom stereocenters. The first-order valence-corrected chi connectivity index (χ1v) is 12.3. The Labute approximate surface area is 211 Å². The Morgan fingerprint density at radius 3 is 2.57 bits per heavy atom. The summed E-state index contributed by atoms with van der Waals surface area (Å²) in [6.07, 6.45) is 5.93. The van der Waals surface area contributed by atoms with Gasteiger partial charge in [-0.15, -0.1) is 0 Å². The molecule has 0 radical (unpaired) electrons. The number of rotatable bonds is 5. The summed E-state index contributed by atoms with van der Waals surface area (Å²) in [5.74, 6) is 0.170. The van der Waals surface area contributed by atoms with Gasteiger partial charge in [-0.1, -0.05) is 36.4 Å². The van der Waals surface area contributed by atoms with Crippen molar-refractivity contribution in [2.75, 3.05) is 12.8 Å². The number of nitrogen functional groups attached to an aromatic ring is 1. The topological polar surface area (TPSA) is 116 Å².